The Morgan fingerprint density at radius 2 is 1.52 bits per heavy atom. The van der Waals surface area contributed by atoms with Crippen LogP contribution in [0.2, 0.25) is 0 Å². The van der Waals surface area contributed by atoms with Gasteiger partial charge in [0.15, 0.2) is 23.0 Å². The molecule has 0 aliphatic carbocycles. The topological polar surface area (TPSA) is 92.8 Å². The van der Waals surface area contributed by atoms with E-state index in [1.807, 2.05) is 68.4 Å². The van der Waals surface area contributed by atoms with Gasteiger partial charge in [-0.15, -0.1) is 0 Å². The molecule has 0 bridgehead atoms. The van der Waals surface area contributed by atoms with Gasteiger partial charge in [-0.2, -0.15) is 0 Å². The molecular weight excluding hydrogens is 610 g/mol. The van der Waals surface area contributed by atoms with E-state index in [4.69, 9.17) is 28.4 Å². The number of piperidine rings is 1. The largest absolute Gasteiger partial charge is 0.493 e. The number of carbonyl (C=O) groups is 2. The fourth-order valence-corrected chi connectivity index (χ4v) is 6.35. The highest BCUT2D eigenvalue weighted by atomic mass is 16.5. The van der Waals surface area contributed by atoms with Gasteiger partial charge in [-0.3, -0.25) is 4.79 Å². The van der Waals surface area contributed by atoms with E-state index in [1.54, 1.807) is 40.4 Å². The summed E-state index contributed by atoms with van der Waals surface area (Å²) in [6.45, 7) is 8.48. The Balaban J connectivity index is 1.61. The first-order valence-electron chi connectivity index (χ1n) is 16.5. The SMILES string of the molecule is C=C(C)c1cccc([C@@H](CCc2ccc(OC)c(OC)c2)OC(=O)[C@@H]2CCCCN2C(=O)[C@@H](CC)c2cc(OC)c(OC)c(OC)c2)c1. The van der Waals surface area contributed by atoms with Crippen LogP contribution in [0.4, 0.5) is 0 Å². The Morgan fingerprint density at radius 3 is 2.12 bits per heavy atom. The molecule has 1 fully saturated rings. The number of ether oxygens (including phenoxy) is 6. The van der Waals surface area contributed by atoms with Crippen molar-refractivity contribution < 1.29 is 38.0 Å². The molecule has 0 unspecified atom stereocenters. The highest BCUT2D eigenvalue weighted by Crippen LogP contribution is 2.41. The van der Waals surface area contributed by atoms with Gasteiger partial charge in [0.05, 0.1) is 41.5 Å². The van der Waals surface area contributed by atoms with Gasteiger partial charge in [0.25, 0.3) is 0 Å². The molecule has 0 radical (unpaired) electrons. The van der Waals surface area contributed by atoms with E-state index in [0.717, 1.165) is 40.7 Å². The Morgan fingerprint density at radius 1 is 0.833 bits per heavy atom. The molecule has 9 nitrogen and oxygen atoms in total. The minimum Gasteiger partial charge on any atom is -0.493 e. The maximum absolute atomic E-state index is 14.3. The zero-order chi connectivity index (χ0) is 34.8. The summed E-state index contributed by atoms with van der Waals surface area (Å²) in [5.74, 6) is 1.66. The van der Waals surface area contributed by atoms with Crippen molar-refractivity contribution in [2.45, 2.75) is 70.4 Å². The second-order valence-corrected chi connectivity index (χ2v) is 12.0. The molecule has 0 aromatic heterocycles. The summed E-state index contributed by atoms with van der Waals surface area (Å²) in [5.41, 5.74) is 4.53. The van der Waals surface area contributed by atoms with Crippen molar-refractivity contribution in [3.8, 4) is 28.7 Å². The molecular formula is C39H49NO8. The molecule has 3 atom stereocenters. The molecule has 0 spiro atoms. The lowest BCUT2D eigenvalue weighted by Crippen LogP contribution is -2.50. The summed E-state index contributed by atoms with van der Waals surface area (Å²) in [4.78, 5) is 30.1. The molecule has 1 saturated heterocycles. The fraction of sp³-hybridized carbons (Fsp3) is 0.436. The average molecular weight is 660 g/mol. The van der Waals surface area contributed by atoms with Crippen LogP contribution >= 0.6 is 0 Å². The number of allylic oxidation sites excluding steroid dienone is 1. The zero-order valence-corrected chi connectivity index (χ0v) is 29.3. The van der Waals surface area contributed by atoms with Crippen LogP contribution in [0.3, 0.4) is 0 Å². The van der Waals surface area contributed by atoms with Crippen LogP contribution in [0.5, 0.6) is 28.7 Å². The van der Waals surface area contributed by atoms with Crippen molar-refractivity contribution in [3.63, 3.8) is 0 Å². The number of hydrogen-bond acceptors (Lipinski definition) is 8. The number of esters is 1. The fourth-order valence-electron chi connectivity index (χ4n) is 6.35. The molecule has 9 heteroatoms. The third-order valence-electron chi connectivity index (χ3n) is 9.01. The molecule has 1 aliphatic heterocycles. The number of likely N-dealkylation sites (tertiary alicyclic amines) is 1. The first kappa shape index (κ1) is 36.2. The van der Waals surface area contributed by atoms with Crippen LogP contribution in [0.25, 0.3) is 5.57 Å². The van der Waals surface area contributed by atoms with Gasteiger partial charge < -0.3 is 33.3 Å². The normalized spacial score (nSPS) is 15.6. The highest BCUT2D eigenvalue weighted by molar-refractivity contribution is 5.89. The van der Waals surface area contributed by atoms with E-state index in [-0.39, 0.29) is 5.91 Å². The molecule has 258 valence electrons. The van der Waals surface area contributed by atoms with E-state index < -0.39 is 24.0 Å². The molecule has 3 aromatic carbocycles. The molecule has 4 rings (SSSR count). The number of aryl methyl sites for hydroxylation is 1. The van der Waals surface area contributed by atoms with Gasteiger partial charge in [0.1, 0.15) is 12.1 Å². The van der Waals surface area contributed by atoms with Crippen LogP contribution in [-0.2, 0) is 20.7 Å². The second-order valence-electron chi connectivity index (χ2n) is 12.0. The summed E-state index contributed by atoms with van der Waals surface area (Å²) in [5, 5.41) is 0. The van der Waals surface area contributed by atoms with E-state index in [9.17, 15) is 9.59 Å². The summed E-state index contributed by atoms with van der Waals surface area (Å²) >= 11 is 0. The number of methoxy groups -OCH3 is 5. The van der Waals surface area contributed by atoms with Crippen LogP contribution in [-0.4, -0.2) is 64.9 Å². The van der Waals surface area contributed by atoms with Gasteiger partial charge in [0, 0.05) is 6.54 Å². The third kappa shape index (κ3) is 8.24. The number of carbonyl (C=O) groups excluding carboxylic acids is 2. The third-order valence-corrected chi connectivity index (χ3v) is 9.01. The summed E-state index contributed by atoms with van der Waals surface area (Å²) < 4.78 is 33.9. The van der Waals surface area contributed by atoms with Gasteiger partial charge >= 0.3 is 5.97 Å². The van der Waals surface area contributed by atoms with Crippen molar-refractivity contribution >= 4 is 17.4 Å². The van der Waals surface area contributed by atoms with E-state index in [0.29, 0.717) is 61.0 Å². The Kier molecular flexibility index (Phi) is 12.8. The molecule has 1 aliphatic rings. The molecule has 48 heavy (non-hydrogen) atoms. The Bertz CT molecular complexity index is 1560. The number of nitrogens with zero attached hydrogens (tertiary/aromatic N) is 1. The first-order valence-corrected chi connectivity index (χ1v) is 16.5. The lowest BCUT2D eigenvalue weighted by molar-refractivity contribution is -0.162. The van der Waals surface area contributed by atoms with Crippen LogP contribution in [0.1, 0.15) is 80.2 Å². The van der Waals surface area contributed by atoms with Crippen molar-refractivity contribution in [1.82, 2.24) is 4.90 Å². The average Bonchev–Trinajstić information content (AvgIpc) is 3.12. The quantitative estimate of drug-likeness (QED) is 0.155. The minimum atomic E-state index is -0.699. The summed E-state index contributed by atoms with van der Waals surface area (Å²) in [6.07, 6.45) is 3.31. The van der Waals surface area contributed by atoms with E-state index in [1.165, 1.54) is 0 Å². The van der Waals surface area contributed by atoms with Crippen molar-refractivity contribution in [2.75, 3.05) is 42.1 Å². The molecule has 1 amide bonds. The Labute approximate surface area is 284 Å². The lowest BCUT2D eigenvalue weighted by atomic mass is 9.91. The summed E-state index contributed by atoms with van der Waals surface area (Å²) in [7, 11) is 7.86. The Hall–Kier alpha value is -4.66. The maximum Gasteiger partial charge on any atom is 0.329 e. The van der Waals surface area contributed by atoms with Crippen molar-refractivity contribution in [3.05, 3.63) is 83.4 Å². The molecule has 0 saturated carbocycles. The molecule has 3 aromatic rings. The smallest absolute Gasteiger partial charge is 0.329 e. The van der Waals surface area contributed by atoms with Crippen LogP contribution < -0.4 is 23.7 Å². The van der Waals surface area contributed by atoms with Gasteiger partial charge in [-0.25, -0.2) is 4.79 Å². The van der Waals surface area contributed by atoms with Crippen LogP contribution in [0, 0.1) is 0 Å². The monoisotopic (exact) mass is 659 g/mol. The van der Waals surface area contributed by atoms with E-state index in [2.05, 4.69) is 6.58 Å². The number of rotatable bonds is 15. The van der Waals surface area contributed by atoms with Gasteiger partial charge in [-0.05, 0) is 98.0 Å². The predicted octanol–water partition coefficient (Wildman–Crippen LogP) is 7.55. The van der Waals surface area contributed by atoms with E-state index >= 15 is 0 Å². The van der Waals surface area contributed by atoms with Crippen molar-refractivity contribution in [1.29, 1.82) is 0 Å². The molecule has 0 N–H and O–H groups in total. The lowest BCUT2D eigenvalue weighted by Gasteiger charge is -2.37. The molecule has 1 heterocycles. The van der Waals surface area contributed by atoms with Gasteiger partial charge in [-0.1, -0.05) is 43.3 Å². The number of amides is 1. The van der Waals surface area contributed by atoms with Gasteiger partial charge in [0.2, 0.25) is 11.7 Å². The predicted molar refractivity (Wildman–Crippen MR) is 186 cm³/mol. The highest BCUT2D eigenvalue weighted by Gasteiger charge is 2.38. The summed E-state index contributed by atoms with van der Waals surface area (Å²) in [6, 6.07) is 16.7. The standard InChI is InChI=1S/C39H49NO8/c1-9-30(29-23-35(45-6)37(47-8)36(24-29)46-7)38(41)40-20-11-10-15-31(40)39(42)48-32(28-14-12-13-27(22-28)25(2)3)18-16-26-17-19-33(43-4)34(21-26)44-5/h12-14,17,19,21-24,30-32H,2,9-11,15-16,18,20H2,1,3-8H3/t30-,31-,32+/m0/s1. The minimum absolute atomic E-state index is 0.125. The number of hydrogen-bond donors (Lipinski definition) is 0. The van der Waals surface area contributed by atoms with Crippen molar-refractivity contribution in [2.24, 2.45) is 0 Å². The first-order chi connectivity index (χ1) is 23.2. The van der Waals surface area contributed by atoms with Crippen LogP contribution in [0.15, 0.2) is 61.2 Å². The second kappa shape index (κ2) is 16.9. The maximum atomic E-state index is 14.3. The number of benzene rings is 3. The zero-order valence-electron chi connectivity index (χ0n) is 29.3.